The van der Waals surface area contributed by atoms with Crippen molar-refractivity contribution in [3.63, 3.8) is 0 Å². The zero-order valence-electron chi connectivity index (χ0n) is 9.40. The summed E-state index contributed by atoms with van der Waals surface area (Å²) in [4.78, 5) is 0. The van der Waals surface area contributed by atoms with E-state index >= 15 is 0 Å². The van der Waals surface area contributed by atoms with Crippen molar-refractivity contribution < 1.29 is 0 Å². The smallest absolute Gasteiger partial charge is 0.0110 e. The lowest BCUT2D eigenvalue weighted by atomic mass is 10.1. The van der Waals surface area contributed by atoms with Crippen LogP contribution in [-0.4, -0.2) is 9.25 Å². The third-order valence-corrected chi connectivity index (χ3v) is 4.33. The predicted octanol–water partition coefficient (Wildman–Crippen LogP) is 5.72. The summed E-state index contributed by atoms with van der Waals surface area (Å²) in [6.07, 6.45) is 12.7. The van der Waals surface area contributed by atoms with Crippen LogP contribution in [0.15, 0.2) is 0 Å². The maximum absolute atomic E-state index is 3.48. The molecule has 0 bridgehead atoms. The number of alkyl halides is 2. The summed E-state index contributed by atoms with van der Waals surface area (Å²) in [5, 5.41) is 1.17. The van der Waals surface area contributed by atoms with Gasteiger partial charge in [-0.05, 0) is 19.3 Å². The van der Waals surface area contributed by atoms with Gasteiger partial charge in [-0.3, -0.25) is 0 Å². The molecule has 0 aliphatic carbocycles. The molecule has 0 aliphatic rings. The van der Waals surface area contributed by atoms with Crippen molar-refractivity contribution in [1.82, 2.24) is 0 Å². The first kappa shape index (κ1) is 15.2. The normalized spacial score (nSPS) is 13.1. The Morgan fingerprint density at radius 1 is 0.929 bits per heavy atom. The Morgan fingerprint density at radius 2 is 1.50 bits per heavy atom. The minimum absolute atomic E-state index is 0.913. The first-order valence-corrected chi connectivity index (χ1v) is 8.38. The Morgan fingerprint density at radius 3 is 2.14 bits per heavy atom. The van der Waals surface area contributed by atoms with Crippen LogP contribution < -0.4 is 0 Å². The standard InChI is InChI=1S/C12H24BrI/c1-2-3-4-5-6-7-9-12(14)10-8-11-13/h12H,2-11H2,1H3. The van der Waals surface area contributed by atoms with Crippen LogP contribution in [0.3, 0.4) is 0 Å². The molecule has 14 heavy (non-hydrogen) atoms. The molecule has 0 fully saturated rings. The van der Waals surface area contributed by atoms with E-state index in [0.717, 1.165) is 3.92 Å². The Balaban J connectivity index is 3.02. The average Bonchev–Trinajstić information content (AvgIpc) is 2.20. The van der Waals surface area contributed by atoms with E-state index in [4.69, 9.17) is 0 Å². The minimum atomic E-state index is 0.913. The molecule has 0 aromatic carbocycles. The number of unbranched alkanes of at least 4 members (excludes halogenated alkanes) is 5. The molecule has 0 rings (SSSR count). The van der Waals surface area contributed by atoms with Crippen molar-refractivity contribution in [2.45, 2.75) is 68.6 Å². The van der Waals surface area contributed by atoms with Gasteiger partial charge in [-0.15, -0.1) is 0 Å². The molecule has 0 amide bonds. The fourth-order valence-corrected chi connectivity index (χ4v) is 2.79. The monoisotopic (exact) mass is 374 g/mol. The fourth-order valence-electron chi connectivity index (χ4n) is 1.59. The molecule has 0 saturated heterocycles. The highest BCUT2D eigenvalue weighted by atomic mass is 127. The quantitative estimate of drug-likeness (QED) is 0.261. The van der Waals surface area contributed by atoms with Gasteiger partial charge in [-0.1, -0.05) is 84.0 Å². The molecule has 1 atom stereocenters. The molecule has 0 nitrogen and oxygen atoms in total. The molecule has 0 saturated carbocycles. The zero-order valence-corrected chi connectivity index (χ0v) is 13.1. The molecule has 86 valence electrons. The van der Waals surface area contributed by atoms with Gasteiger partial charge in [0, 0.05) is 9.25 Å². The van der Waals surface area contributed by atoms with E-state index in [1.54, 1.807) is 0 Å². The molecular weight excluding hydrogens is 351 g/mol. The van der Waals surface area contributed by atoms with Gasteiger partial charge >= 0.3 is 0 Å². The van der Waals surface area contributed by atoms with Crippen LogP contribution in [0.1, 0.15) is 64.7 Å². The van der Waals surface area contributed by atoms with E-state index in [2.05, 4.69) is 45.4 Å². The molecule has 0 aromatic rings. The molecule has 0 radical (unpaired) electrons. The summed E-state index contributed by atoms with van der Waals surface area (Å²) in [7, 11) is 0. The Labute approximate surface area is 112 Å². The van der Waals surface area contributed by atoms with Crippen molar-refractivity contribution in [3.8, 4) is 0 Å². The van der Waals surface area contributed by atoms with Crippen LogP contribution in [0.2, 0.25) is 0 Å². The molecule has 1 unspecified atom stereocenters. The number of rotatable bonds is 10. The third-order valence-electron chi connectivity index (χ3n) is 2.52. The van der Waals surface area contributed by atoms with E-state index < -0.39 is 0 Å². The summed E-state index contributed by atoms with van der Waals surface area (Å²) in [6, 6.07) is 0. The van der Waals surface area contributed by atoms with Crippen molar-refractivity contribution >= 4 is 38.5 Å². The highest BCUT2D eigenvalue weighted by molar-refractivity contribution is 14.1. The lowest BCUT2D eigenvalue weighted by Crippen LogP contribution is -1.97. The van der Waals surface area contributed by atoms with Gasteiger partial charge in [-0.2, -0.15) is 0 Å². The molecular formula is C12H24BrI. The zero-order chi connectivity index (χ0) is 10.6. The first-order valence-electron chi connectivity index (χ1n) is 6.01. The SMILES string of the molecule is CCCCCCCCC(I)CCCBr. The summed E-state index contributed by atoms with van der Waals surface area (Å²) >= 11 is 6.10. The van der Waals surface area contributed by atoms with Crippen molar-refractivity contribution in [3.05, 3.63) is 0 Å². The van der Waals surface area contributed by atoms with Crippen LogP contribution >= 0.6 is 38.5 Å². The Kier molecular flexibility index (Phi) is 13.3. The summed E-state index contributed by atoms with van der Waals surface area (Å²) < 4.78 is 0.913. The summed E-state index contributed by atoms with van der Waals surface area (Å²) in [6.45, 7) is 2.28. The molecule has 0 aromatic heterocycles. The number of hydrogen-bond acceptors (Lipinski definition) is 0. The Hall–Kier alpha value is 1.21. The second-order valence-electron chi connectivity index (χ2n) is 3.98. The first-order chi connectivity index (χ1) is 6.81. The van der Waals surface area contributed by atoms with Crippen LogP contribution in [0, 0.1) is 0 Å². The minimum Gasteiger partial charge on any atom is -0.0928 e. The maximum Gasteiger partial charge on any atom is 0.0110 e. The van der Waals surface area contributed by atoms with Crippen molar-refractivity contribution in [1.29, 1.82) is 0 Å². The number of halogens is 2. The van der Waals surface area contributed by atoms with E-state index in [1.165, 1.54) is 63.1 Å². The van der Waals surface area contributed by atoms with E-state index in [0.29, 0.717) is 0 Å². The summed E-state index contributed by atoms with van der Waals surface area (Å²) in [5.41, 5.74) is 0. The second kappa shape index (κ2) is 12.3. The van der Waals surface area contributed by atoms with Gasteiger partial charge in [0.05, 0.1) is 0 Å². The largest absolute Gasteiger partial charge is 0.0928 e. The predicted molar refractivity (Wildman–Crippen MR) is 78.8 cm³/mol. The van der Waals surface area contributed by atoms with E-state index in [1.807, 2.05) is 0 Å². The van der Waals surface area contributed by atoms with Gasteiger partial charge in [-0.25, -0.2) is 0 Å². The van der Waals surface area contributed by atoms with E-state index in [-0.39, 0.29) is 0 Å². The highest BCUT2D eigenvalue weighted by Crippen LogP contribution is 2.18. The van der Waals surface area contributed by atoms with Crippen molar-refractivity contribution in [2.75, 3.05) is 5.33 Å². The second-order valence-corrected chi connectivity index (χ2v) is 6.54. The van der Waals surface area contributed by atoms with Gasteiger partial charge in [0.2, 0.25) is 0 Å². The topological polar surface area (TPSA) is 0 Å². The Bertz CT molecular complexity index is 106. The molecule has 0 aliphatic heterocycles. The summed E-state index contributed by atoms with van der Waals surface area (Å²) in [5.74, 6) is 0. The number of hydrogen-bond donors (Lipinski definition) is 0. The van der Waals surface area contributed by atoms with Crippen LogP contribution in [0.5, 0.6) is 0 Å². The lowest BCUT2D eigenvalue weighted by Gasteiger charge is -2.08. The lowest BCUT2D eigenvalue weighted by molar-refractivity contribution is 0.576. The van der Waals surface area contributed by atoms with Gasteiger partial charge in [0.1, 0.15) is 0 Å². The van der Waals surface area contributed by atoms with Gasteiger partial charge in [0.15, 0.2) is 0 Å². The highest BCUT2D eigenvalue weighted by Gasteiger charge is 2.02. The fraction of sp³-hybridized carbons (Fsp3) is 1.00. The molecule has 2 heteroatoms. The van der Waals surface area contributed by atoms with Crippen molar-refractivity contribution in [2.24, 2.45) is 0 Å². The van der Waals surface area contributed by atoms with Crippen LogP contribution in [-0.2, 0) is 0 Å². The molecule has 0 N–H and O–H groups in total. The van der Waals surface area contributed by atoms with Gasteiger partial charge < -0.3 is 0 Å². The molecule has 0 heterocycles. The van der Waals surface area contributed by atoms with Crippen LogP contribution in [0.4, 0.5) is 0 Å². The maximum atomic E-state index is 3.48. The third kappa shape index (κ3) is 11.3. The molecule has 0 spiro atoms. The van der Waals surface area contributed by atoms with Gasteiger partial charge in [0.25, 0.3) is 0 Å². The average molecular weight is 375 g/mol. The van der Waals surface area contributed by atoms with E-state index in [9.17, 15) is 0 Å². The van der Waals surface area contributed by atoms with Crippen LogP contribution in [0.25, 0.3) is 0 Å².